The van der Waals surface area contributed by atoms with Gasteiger partial charge in [-0.3, -0.25) is 0 Å². The van der Waals surface area contributed by atoms with Crippen molar-refractivity contribution in [3.05, 3.63) is 23.3 Å². The van der Waals surface area contributed by atoms with Gasteiger partial charge in [0.05, 0.1) is 7.11 Å². The quantitative estimate of drug-likeness (QED) is 0.802. The highest BCUT2D eigenvalue weighted by molar-refractivity contribution is 7.98. The molecule has 90 valence electrons. The summed E-state index contributed by atoms with van der Waals surface area (Å²) in [6.07, 6.45) is 4.00. The minimum atomic E-state index is 0.183. The van der Waals surface area contributed by atoms with E-state index in [1.54, 1.807) is 18.9 Å². The summed E-state index contributed by atoms with van der Waals surface area (Å²) in [5.74, 6) is 0.982. The molecule has 0 fully saturated rings. The van der Waals surface area contributed by atoms with Crippen LogP contribution >= 0.6 is 11.8 Å². The number of benzene rings is 1. The van der Waals surface area contributed by atoms with E-state index in [0.29, 0.717) is 0 Å². The Kier molecular flexibility index (Phi) is 5.16. The lowest BCUT2D eigenvalue weighted by molar-refractivity contribution is 0.409. The first kappa shape index (κ1) is 13.4. The average Bonchev–Trinajstić information content (AvgIpc) is 2.27. The molecule has 0 unspecified atom stereocenters. The number of hydrogen-bond acceptors (Lipinski definition) is 3. The van der Waals surface area contributed by atoms with Crippen LogP contribution in [0.2, 0.25) is 0 Å². The van der Waals surface area contributed by atoms with Gasteiger partial charge in [-0.15, -0.1) is 11.8 Å². The highest BCUT2D eigenvalue weighted by Crippen LogP contribution is 2.30. The van der Waals surface area contributed by atoms with Crippen molar-refractivity contribution in [3.8, 4) is 5.75 Å². The Bertz CT molecular complexity index is 350. The van der Waals surface area contributed by atoms with Crippen molar-refractivity contribution < 1.29 is 4.74 Å². The Morgan fingerprint density at radius 1 is 1.38 bits per heavy atom. The van der Waals surface area contributed by atoms with Gasteiger partial charge in [0.15, 0.2) is 0 Å². The predicted molar refractivity (Wildman–Crippen MR) is 71.5 cm³/mol. The van der Waals surface area contributed by atoms with Crippen LogP contribution < -0.4 is 10.5 Å². The molecule has 0 aromatic heterocycles. The molecule has 16 heavy (non-hydrogen) atoms. The number of thioether (sulfide) groups is 1. The van der Waals surface area contributed by atoms with Gasteiger partial charge in [-0.25, -0.2) is 0 Å². The van der Waals surface area contributed by atoms with E-state index in [2.05, 4.69) is 25.3 Å². The molecule has 0 saturated carbocycles. The number of nitrogens with two attached hydrogens (primary N) is 1. The molecule has 1 aromatic rings. The highest BCUT2D eigenvalue weighted by Gasteiger charge is 2.10. The Labute approximate surface area is 103 Å². The summed E-state index contributed by atoms with van der Waals surface area (Å²) in [5.41, 5.74) is 8.41. The Morgan fingerprint density at radius 2 is 2.06 bits per heavy atom. The molecule has 0 aliphatic carbocycles. The van der Waals surface area contributed by atoms with E-state index in [1.807, 2.05) is 6.92 Å². The monoisotopic (exact) mass is 239 g/mol. The summed E-state index contributed by atoms with van der Waals surface area (Å²) >= 11 is 1.78. The number of ether oxygens (including phenoxy) is 1. The third kappa shape index (κ3) is 3.16. The Balaban J connectivity index is 3.15. The van der Waals surface area contributed by atoms with Gasteiger partial charge in [0.25, 0.3) is 0 Å². The molecular formula is C13H21NOS. The van der Waals surface area contributed by atoms with Gasteiger partial charge in [-0.05, 0) is 49.3 Å². The zero-order valence-electron chi connectivity index (χ0n) is 10.5. The zero-order valence-corrected chi connectivity index (χ0v) is 11.4. The molecule has 0 radical (unpaired) electrons. The van der Waals surface area contributed by atoms with Gasteiger partial charge in [-0.2, -0.15) is 0 Å². The molecule has 1 aromatic carbocycles. The van der Waals surface area contributed by atoms with Gasteiger partial charge in [0.2, 0.25) is 0 Å². The summed E-state index contributed by atoms with van der Waals surface area (Å²) in [5, 5.41) is 0. The highest BCUT2D eigenvalue weighted by atomic mass is 32.2. The van der Waals surface area contributed by atoms with Crippen LogP contribution in [0.3, 0.4) is 0 Å². The van der Waals surface area contributed by atoms with Crippen LogP contribution in [0.25, 0.3) is 0 Å². The van der Waals surface area contributed by atoms with E-state index in [1.165, 1.54) is 16.0 Å². The third-order valence-electron chi connectivity index (χ3n) is 2.61. The summed E-state index contributed by atoms with van der Waals surface area (Å²) in [6, 6.07) is 4.54. The summed E-state index contributed by atoms with van der Waals surface area (Å²) < 4.78 is 5.41. The maximum Gasteiger partial charge on any atom is 0.122 e. The molecule has 0 aliphatic heterocycles. The molecule has 0 spiro atoms. The largest absolute Gasteiger partial charge is 0.496 e. The van der Waals surface area contributed by atoms with Crippen molar-refractivity contribution in [1.29, 1.82) is 0 Å². The summed E-state index contributed by atoms with van der Waals surface area (Å²) in [4.78, 5) is 1.31. The molecular weight excluding hydrogens is 218 g/mol. The van der Waals surface area contributed by atoms with Crippen LogP contribution in [0.1, 0.15) is 25.0 Å². The van der Waals surface area contributed by atoms with E-state index < -0.39 is 0 Å². The fourth-order valence-electron chi connectivity index (χ4n) is 1.81. The molecule has 0 aliphatic rings. The molecule has 2 N–H and O–H groups in total. The first-order valence-corrected chi connectivity index (χ1v) is 6.84. The second-order valence-electron chi connectivity index (χ2n) is 4.01. The maximum absolute atomic E-state index is 5.86. The topological polar surface area (TPSA) is 35.2 Å². The lowest BCUT2D eigenvalue weighted by Crippen LogP contribution is -2.18. The fraction of sp³-hybridized carbons (Fsp3) is 0.538. The second-order valence-corrected chi connectivity index (χ2v) is 4.86. The van der Waals surface area contributed by atoms with Crippen molar-refractivity contribution in [3.63, 3.8) is 0 Å². The fourth-order valence-corrected chi connectivity index (χ4v) is 2.47. The predicted octanol–water partition coefficient (Wildman–Crippen LogP) is 2.87. The van der Waals surface area contributed by atoms with E-state index in [0.717, 1.165) is 18.6 Å². The number of hydrogen-bond donors (Lipinski definition) is 1. The first-order chi connectivity index (χ1) is 7.62. The van der Waals surface area contributed by atoms with Crippen LogP contribution in [0.5, 0.6) is 5.75 Å². The molecule has 1 atom stereocenters. The maximum atomic E-state index is 5.86. The van der Waals surface area contributed by atoms with E-state index in [-0.39, 0.29) is 6.04 Å². The van der Waals surface area contributed by atoms with Crippen LogP contribution in [0, 0.1) is 0 Å². The number of methoxy groups -OCH3 is 1. The van der Waals surface area contributed by atoms with Crippen LogP contribution in [-0.4, -0.2) is 19.4 Å². The molecule has 0 saturated heterocycles. The normalized spacial score (nSPS) is 12.6. The third-order valence-corrected chi connectivity index (χ3v) is 3.43. The van der Waals surface area contributed by atoms with Crippen LogP contribution in [0.4, 0.5) is 0 Å². The van der Waals surface area contributed by atoms with Crippen LogP contribution in [-0.2, 0) is 12.8 Å². The minimum absolute atomic E-state index is 0.183. The number of rotatable bonds is 5. The molecule has 0 heterocycles. The molecule has 2 nitrogen and oxygen atoms in total. The average molecular weight is 239 g/mol. The first-order valence-electron chi connectivity index (χ1n) is 5.61. The van der Waals surface area contributed by atoms with Gasteiger partial charge in [0.1, 0.15) is 5.75 Å². The Hall–Kier alpha value is -0.670. The minimum Gasteiger partial charge on any atom is -0.496 e. The van der Waals surface area contributed by atoms with E-state index in [4.69, 9.17) is 10.5 Å². The second kappa shape index (κ2) is 6.16. The SMILES string of the molecule is CCc1cc(SC)c(C[C@@H](C)N)cc1OC. The van der Waals surface area contributed by atoms with Gasteiger partial charge < -0.3 is 10.5 Å². The molecule has 1 rings (SSSR count). The summed E-state index contributed by atoms with van der Waals surface area (Å²) in [6.45, 7) is 4.18. The van der Waals surface area contributed by atoms with Crippen LogP contribution in [0.15, 0.2) is 17.0 Å². The molecule has 0 amide bonds. The number of aryl methyl sites for hydroxylation is 1. The summed E-state index contributed by atoms with van der Waals surface area (Å²) in [7, 11) is 1.73. The van der Waals surface area contributed by atoms with Crippen molar-refractivity contribution >= 4 is 11.8 Å². The Morgan fingerprint density at radius 3 is 2.50 bits per heavy atom. The molecule has 3 heteroatoms. The zero-order chi connectivity index (χ0) is 12.1. The standard InChI is InChI=1S/C13H21NOS/c1-5-10-8-13(16-4)11(6-9(2)14)7-12(10)15-3/h7-9H,5-6,14H2,1-4H3/t9-/m1/s1. The van der Waals surface area contributed by atoms with Gasteiger partial charge in [0, 0.05) is 10.9 Å². The lowest BCUT2D eigenvalue weighted by atomic mass is 10.0. The van der Waals surface area contributed by atoms with E-state index in [9.17, 15) is 0 Å². The van der Waals surface area contributed by atoms with Crippen molar-refractivity contribution in [2.45, 2.75) is 37.6 Å². The van der Waals surface area contributed by atoms with Crippen molar-refractivity contribution in [2.24, 2.45) is 5.73 Å². The smallest absolute Gasteiger partial charge is 0.122 e. The van der Waals surface area contributed by atoms with E-state index >= 15 is 0 Å². The molecule has 0 bridgehead atoms. The van der Waals surface area contributed by atoms with Crippen molar-refractivity contribution in [1.82, 2.24) is 0 Å². The van der Waals surface area contributed by atoms with Gasteiger partial charge in [-0.1, -0.05) is 6.92 Å². The van der Waals surface area contributed by atoms with Crippen molar-refractivity contribution in [2.75, 3.05) is 13.4 Å². The van der Waals surface area contributed by atoms with Gasteiger partial charge >= 0.3 is 0 Å². The lowest BCUT2D eigenvalue weighted by Gasteiger charge is -2.15.